The highest BCUT2D eigenvalue weighted by Gasteiger charge is 2.25. The van der Waals surface area contributed by atoms with Crippen molar-refractivity contribution in [2.24, 2.45) is 0 Å². The molecule has 1 aliphatic heterocycles. The van der Waals surface area contributed by atoms with Crippen molar-refractivity contribution in [1.29, 1.82) is 0 Å². The Balaban J connectivity index is 1.13. The van der Waals surface area contributed by atoms with Crippen molar-refractivity contribution in [2.75, 3.05) is 4.90 Å². The van der Waals surface area contributed by atoms with Gasteiger partial charge in [0.2, 0.25) is 0 Å². The van der Waals surface area contributed by atoms with Crippen LogP contribution in [0.3, 0.4) is 0 Å². The average molecular weight is 510 g/mol. The summed E-state index contributed by atoms with van der Waals surface area (Å²) in [4.78, 5) is 7.09. The normalized spacial score (nSPS) is 12.4. The molecular formula is C32H19N3O2S. The zero-order valence-electron chi connectivity index (χ0n) is 20.0. The van der Waals surface area contributed by atoms with Crippen LogP contribution in [-0.4, -0.2) is 9.36 Å². The van der Waals surface area contributed by atoms with Gasteiger partial charge in [-0.25, -0.2) is 4.98 Å². The first kappa shape index (κ1) is 21.2. The molecule has 2 aromatic heterocycles. The molecule has 0 saturated heterocycles. The molecule has 0 radical (unpaired) electrons. The van der Waals surface area contributed by atoms with Gasteiger partial charge in [-0.3, -0.25) is 0 Å². The smallest absolute Gasteiger partial charge is 0.173 e. The van der Waals surface area contributed by atoms with E-state index in [1.807, 2.05) is 60.7 Å². The Kier molecular flexibility index (Phi) is 4.62. The first-order valence-corrected chi connectivity index (χ1v) is 13.1. The summed E-state index contributed by atoms with van der Waals surface area (Å²) in [7, 11) is 0. The van der Waals surface area contributed by atoms with Crippen LogP contribution in [0.1, 0.15) is 0 Å². The standard InChI is InChI=1S/C32H19N3O2S/c1-4-10-27-23(7-1)24-18-15-21(19-30(24)36-27)31-33-32(38-34-31)20-13-16-22(17-14-20)35-25-8-2-5-11-28(25)37-29-12-6-3-9-26(29)35/h1-19H. The number of para-hydroxylation sites is 5. The molecule has 5 nitrogen and oxygen atoms in total. The summed E-state index contributed by atoms with van der Waals surface area (Å²) < 4.78 is 16.9. The highest BCUT2D eigenvalue weighted by molar-refractivity contribution is 7.09. The van der Waals surface area contributed by atoms with E-state index in [2.05, 4.69) is 63.9 Å². The number of furan rings is 1. The molecule has 0 bridgehead atoms. The highest BCUT2D eigenvalue weighted by atomic mass is 32.1. The van der Waals surface area contributed by atoms with Gasteiger partial charge in [0.1, 0.15) is 16.2 Å². The molecule has 0 spiro atoms. The number of ether oxygens (including phenoxy) is 1. The van der Waals surface area contributed by atoms with Gasteiger partial charge in [0, 0.05) is 27.6 Å². The second-order valence-electron chi connectivity index (χ2n) is 9.15. The zero-order valence-corrected chi connectivity index (χ0v) is 20.9. The molecule has 0 aliphatic carbocycles. The molecule has 0 fully saturated rings. The number of hydrogen-bond acceptors (Lipinski definition) is 6. The molecule has 38 heavy (non-hydrogen) atoms. The van der Waals surface area contributed by atoms with E-state index >= 15 is 0 Å². The first-order chi connectivity index (χ1) is 18.8. The zero-order chi connectivity index (χ0) is 25.1. The van der Waals surface area contributed by atoms with Crippen LogP contribution >= 0.6 is 11.5 Å². The van der Waals surface area contributed by atoms with Crippen molar-refractivity contribution in [3.8, 4) is 33.5 Å². The second-order valence-corrected chi connectivity index (χ2v) is 9.90. The molecular weight excluding hydrogens is 490 g/mol. The summed E-state index contributed by atoms with van der Waals surface area (Å²) in [6.07, 6.45) is 0. The minimum absolute atomic E-state index is 0.701. The molecule has 0 amide bonds. The predicted octanol–water partition coefficient (Wildman–Crippen LogP) is 9.35. The van der Waals surface area contributed by atoms with Gasteiger partial charge < -0.3 is 14.1 Å². The number of rotatable bonds is 3. The molecule has 180 valence electrons. The Morgan fingerprint density at radius 1 is 0.605 bits per heavy atom. The van der Waals surface area contributed by atoms with E-state index in [1.54, 1.807) is 0 Å². The van der Waals surface area contributed by atoms with Crippen molar-refractivity contribution in [3.63, 3.8) is 0 Å². The van der Waals surface area contributed by atoms with Gasteiger partial charge in [0.05, 0.1) is 11.4 Å². The summed E-state index contributed by atoms with van der Waals surface area (Å²) >= 11 is 1.40. The van der Waals surface area contributed by atoms with E-state index in [4.69, 9.17) is 14.1 Å². The van der Waals surface area contributed by atoms with Crippen molar-refractivity contribution in [1.82, 2.24) is 9.36 Å². The molecule has 3 heterocycles. The van der Waals surface area contributed by atoms with Crippen LogP contribution in [0, 0.1) is 0 Å². The van der Waals surface area contributed by atoms with Crippen LogP contribution in [0.2, 0.25) is 0 Å². The fourth-order valence-corrected chi connectivity index (χ4v) is 5.75. The molecule has 0 unspecified atom stereocenters. The summed E-state index contributed by atoms with van der Waals surface area (Å²) in [5.74, 6) is 2.38. The van der Waals surface area contributed by atoms with Crippen molar-refractivity contribution in [2.45, 2.75) is 0 Å². The van der Waals surface area contributed by atoms with Crippen LogP contribution in [-0.2, 0) is 0 Å². The van der Waals surface area contributed by atoms with E-state index in [1.165, 1.54) is 11.5 Å². The van der Waals surface area contributed by atoms with E-state index < -0.39 is 0 Å². The predicted molar refractivity (Wildman–Crippen MR) is 153 cm³/mol. The van der Waals surface area contributed by atoms with Crippen LogP contribution in [0.5, 0.6) is 11.5 Å². The molecule has 5 aromatic carbocycles. The van der Waals surface area contributed by atoms with Crippen molar-refractivity contribution in [3.05, 3.63) is 115 Å². The first-order valence-electron chi connectivity index (χ1n) is 12.3. The monoisotopic (exact) mass is 509 g/mol. The van der Waals surface area contributed by atoms with E-state index in [9.17, 15) is 0 Å². The topological polar surface area (TPSA) is 51.4 Å². The summed E-state index contributed by atoms with van der Waals surface area (Å²) in [6, 6.07) is 38.9. The lowest BCUT2D eigenvalue weighted by atomic mass is 10.1. The molecule has 7 aromatic rings. The largest absolute Gasteiger partial charge is 0.456 e. The Hall–Kier alpha value is -4.94. The van der Waals surface area contributed by atoms with Gasteiger partial charge in [0.25, 0.3) is 0 Å². The second kappa shape index (κ2) is 8.30. The number of anilines is 3. The third-order valence-corrected chi connectivity index (χ3v) is 7.63. The molecule has 8 rings (SSSR count). The van der Waals surface area contributed by atoms with Crippen LogP contribution in [0.4, 0.5) is 17.1 Å². The van der Waals surface area contributed by atoms with Crippen LogP contribution in [0.25, 0.3) is 43.9 Å². The molecule has 6 heteroatoms. The van der Waals surface area contributed by atoms with E-state index in [0.717, 1.165) is 66.6 Å². The van der Waals surface area contributed by atoms with Gasteiger partial charge in [0.15, 0.2) is 17.3 Å². The van der Waals surface area contributed by atoms with Gasteiger partial charge in [-0.15, -0.1) is 0 Å². The molecule has 0 atom stereocenters. The average Bonchev–Trinajstić information content (AvgIpc) is 3.61. The fourth-order valence-electron chi connectivity index (χ4n) is 5.06. The Labute approximate surface area is 222 Å². The quantitative estimate of drug-likeness (QED) is 0.237. The molecule has 0 saturated carbocycles. The van der Waals surface area contributed by atoms with Gasteiger partial charge >= 0.3 is 0 Å². The molecule has 0 N–H and O–H groups in total. The minimum atomic E-state index is 0.701. The number of benzene rings is 5. The molecule has 1 aliphatic rings. The number of aromatic nitrogens is 2. The Morgan fingerprint density at radius 3 is 2.05 bits per heavy atom. The van der Waals surface area contributed by atoms with Gasteiger partial charge in [-0.2, -0.15) is 4.37 Å². The number of hydrogen-bond donors (Lipinski definition) is 0. The maximum atomic E-state index is 6.15. The van der Waals surface area contributed by atoms with Crippen LogP contribution in [0.15, 0.2) is 120 Å². The highest BCUT2D eigenvalue weighted by Crippen LogP contribution is 2.50. The summed E-state index contributed by atoms with van der Waals surface area (Å²) in [5.41, 5.74) is 6.77. The number of fused-ring (bicyclic) bond motifs is 5. The maximum Gasteiger partial charge on any atom is 0.173 e. The van der Waals surface area contributed by atoms with Gasteiger partial charge in [-0.1, -0.05) is 48.5 Å². The summed E-state index contributed by atoms with van der Waals surface area (Å²) in [6.45, 7) is 0. The maximum absolute atomic E-state index is 6.15. The lowest BCUT2D eigenvalue weighted by molar-refractivity contribution is 0.477. The van der Waals surface area contributed by atoms with E-state index in [0.29, 0.717) is 5.82 Å². The number of nitrogens with zero attached hydrogens (tertiary/aromatic N) is 3. The lowest BCUT2D eigenvalue weighted by Crippen LogP contribution is -2.15. The SMILES string of the molecule is c1ccc2c(c1)Oc1ccccc1N2c1ccc(-c2nc(-c3ccc4c(c3)oc3ccccc34)ns2)cc1. The summed E-state index contributed by atoms with van der Waals surface area (Å²) in [5, 5.41) is 3.09. The Morgan fingerprint density at radius 2 is 1.26 bits per heavy atom. The van der Waals surface area contributed by atoms with Crippen molar-refractivity contribution < 1.29 is 9.15 Å². The third-order valence-electron chi connectivity index (χ3n) is 6.87. The van der Waals surface area contributed by atoms with Crippen LogP contribution < -0.4 is 9.64 Å². The minimum Gasteiger partial charge on any atom is -0.456 e. The fraction of sp³-hybridized carbons (Fsp3) is 0. The Bertz CT molecular complexity index is 1930. The third kappa shape index (κ3) is 3.31. The van der Waals surface area contributed by atoms with Gasteiger partial charge in [-0.05, 0) is 78.3 Å². The van der Waals surface area contributed by atoms with E-state index in [-0.39, 0.29) is 0 Å². The lowest BCUT2D eigenvalue weighted by Gasteiger charge is -2.32. The van der Waals surface area contributed by atoms with Crippen molar-refractivity contribution >= 4 is 50.5 Å².